The van der Waals surface area contributed by atoms with Gasteiger partial charge < -0.3 is 14.8 Å². The zero-order chi connectivity index (χ0) is 14.9. The topological polar surface area (TPSA) is 30.5 Å². The predicted octanol–water partition coefficient (Wildman–Crippen LogP) is 4.02. The Bertz CT molecular complexity index is 554. The maximum atomic E-state index is 5.65. The largest absolute Gasteiger partial charge is 0.491 e. The molecule has 0 atom stereocenters. The molecule has 0 amide bonds. The van der Waals surface area contributed by atoms with Gasteiger partial charge >= 0.3 is 0 Å². The highest BCUT2D eigenvalue weighted by atomic mass is 16.5. The molecule has 0 spiro atoms. The first-order valence-corrected chi connectivity index (χ1v) is 7.38. The molecule has 0 bridgehead atoms. The van der Waals surface area contributed by atoms with Gasteiger partial charge in [-0.25, -0.2) is 0 Å². The number of aryl methyl sites for hydroxylation is 1. The lowest BCUT2D eigenvalue weighted by atomic mass is 10.1. The van der Waals surface area contributed by atoms with E-state index < -0.39 is 0 Å². The van der Waals surface area contributed by atoms with E-state index in [1.54, 1.807) is 0 Å². The van der Waals surface area contributed by atoms with Gasteiger partial charge in [0.05, 0.1) is 6.61 Å². The number of nitrogens with one attached hydrogen (secondary N) is 1. The quantitative estimate of drug-likeness (QED) is 0.743. The molecular weight excluding hydrogens is 262 g/mol. The SMILES string of the molecule is CCOCCOc1cccc(NCc2cccc(C)c2)c1. The highest BCUT2D eigenvalue weighted by Crippen LogP contribution is 2.18. The summed E-state index contributed by atoms with van der Waals surface area (Å²) in [7, 11) is 0. The first kappa shape index (κ1) is 15.4. The van der Waals surface area contributed by atoms with Crippen LogP contribution in [0.15, 0.2) is 48.5 Å². The van der Waals surface area contributed by atoms with E-state index >= 15 is 0 Å². The second-order valence-electron chi connectivity index (χ2n) is 4.92. The van der Waals surface area contributed by atoms with Crippen molar-refractivity contribution in [1.29, 1.82) is 0 Å². The van der Waals surface area contributed by atoms with Crippen LogP contribution >= 0.6 is 0 Å². The van der Waals surface area contributed by atoms with Crippen LogP contribution < -0.4 is 10.1 Å². The predicted molar refractivity (Wildman–Crippen MR) is 86.9 cm³/mol. The van der Waals surface area contributed by atoms with Gasteiger partial charge in [-0.15, -0.1) is 0 Å². The number of anilines is 1. The molecule has 2 rings (SSSR count). The molecule has 112 valence electrons. The minimum Gasteiger partial charge on any atom is -0.491 e. The van der Waals surface area contributed by atoms with Crippen LogP contribution in [-0.4, -0.2) is 19.8 Å². The van der Waals surface area contributed by atoms with E-state index in [-0.39, 0.29) is 0 Å². The third-order valence-corrected chi connectivity index (χ3v) is 3.11. The zero-order valence-electron chi connectivity index (χ0n) is 12.8. The summed E-state index contributed by atoms with van der Waals surface area (Å²) in [5.74, 6) is 0.865. The van der Waals surface area contributed by atoms with Crippen molar-refractivity contribution in [2.45, 2.75) is 20.4 Å². The molecule has 0 unspecified atom stereocenters. The summed E-state index contributed by atoms with van der Waals surface area (Å²) < 4.78 is 10.9. The maximum absolute atomic E-state index is 5.65. The fourth-order valence-corrected chi connectivity index (χ4v) is 2.08. The fraction of sp³-hybridized carbons (Fsp3) is 0.333. The summed E-state index contributed by atoms with van der Waals surface area (Å²) in [5.41, 5.74) is 3.62. The van der Waals surface area contributed by atoms with Crippen LogP contribution in [0.4, 0.5) is 5.69 Å². The van der Waals surface area contributed by atoms with Crippen LogP contribution in [0.2, 0.25) is 0 Å². The highest BCUT2D eigenvalue weighted by molar-refractivity contribution is 5.48. The van der Waals surface area contributed by atoms with Gasteiger partial charge in [0.15, 0.2) is 0 Å². The Kier molecular flexibility index (Phi) is 6.10. The molecule has 21 heavy (non-hydrogen) atoms. The summed E-state index contributed by atoms with van der Waals surface area (Å²) >= 11 is 0. The van der Waals surface area contributed by atoms with Gasteiger partial charge in [0.25, 0.3) is 0 Å². The Labute approximate surface area is 126 Å². The first-order chi connectivity index (χ1) is 10.3. The Morgan fingerprint density at radius 1 is 1.00 bits per heavy atom. The fourth-order valence-electron chi connectivity index (χ4n) is 2.08. The molecule has 3 nitrogen and oxygen atoms in total. The van der Waals surface area contributed by atoms with Crippen molar-refractivity contribution in [3.05, 3.63) is 59.7 Å². The van der Waals surface area contributed by atoms with Crippen LogP contribution in [-0.2, 0) is 11.3 Å². The molecule has 0 saturated carbocycles. The Hall–Kier alpha value is -2.00. The van der Waals surface area contributed by atoms with Crippen LogP contribution in [0.25, 0.3) is 0 Å². The van der Waals surface area contributed by atoms with Gasteiger partial charge in [-0.05, 0) is 31.5 Å². The van der Waals surface area contributed by atoms with Gasteiger partial charge in [0.2, 0.25) is 0 Å². The van der Waals surface area contributed by atoms with E-state index in [1.807, 2.05) is 31.2 Å². The van der Waals surface area contributed by atoms with Crippen molar-refractivity contribution in [2.75, 3.05) is 25.1 Å². The average molecular weight is 285 g/mol. The molecule has 2 aromatic carbocycles. The van der Waals surface area contributed by atoms with Crippen LogP contribution in [0.3, 0.4) is 0 Å². The summed E-state index contributed by atoms with van der Waals surface area (Å²) in [6.07, 6.45) is 0. The molecule has 0 saturated heterocycles. The average Bonchev–Trinajstić information content (AvgIpc) is 2.50. The van der Waals surface area contributed by atoms with E-state index in [0.717, 1.165) is 24.6 Å². The van der Waals surface area contributed by atoms with Crippen molar-refractivity contribution in [3.8, 4) is 5.75 Å². The summed E-state index contributed by atoms with van der Waals surface area (Å²) in [5, 5.41) is 3.42. The summed E-state index contributed by atoms with van der Waals surface area (Å²) in [4.78, 5) is 0. The Balaban J connectivity index is 1.86. The van der Waals surface area contributed by atoms with Crippen molar-refractivity contribution in [2.24, 2.45) is 0 Å². The van der Waals surface area contributed by atoms with Gasteiger partial charge in [-0.1, -0.05) is 35.9 Å². The molecule has 3 heteroatoms. The van der Waals surface area contributed by atoms with E-state index in [9.17, 15) is 0 Å². The van der Waals surface area contributed by atoms with Crippen LogP contribution in [0.5, 0.6) is 5.75 Å². The standard InChI is InChI=1S/C18H23NO2/c1-3-20-10-11-21-18-9-5-8-17(13-18)19-14-16-7-4-6-15(2)12-16/h4-9,12-13,19H,3,10-11,14H2,1-2H3. The van der Waals surface area contributed by atoms with E-state index in [0.29, 0.717) is 13.2 Å². The molecule has 0 radical (unpaired) electrons. The Morgan fingerprint density at radius 2 is 1.86 bits per heavy atom. The molecular formula is C18H23NO2. The molecule has 0 fully saturated rings. The molecule has 0 aliphatic rings. The van der Waals surface area contributed by atoms with Gasteiger partial charge in [-0.3, -0.25) is 0 Å². The third kappa shape index (κ3) is 5.48. The van der Waals surface area contributed by atoms with Gasteiger partial charge in [0, 0.05) is 24.9 Å². The third-order valence-electron chi connectivity index (χ3n) is 3.11. The molecule has 1 N–H and O–H groups in total. The summed E-state index contributed by atoms with van der Waals surface area (Å²) in [6, 6.07) is 16.5. The van der Waals surface area contributed by atoms with Crippen molar-refractivity contribution >= 4 is 5.69 Å². The van der Waals surface area contributed by atoms with Gasteiger partial charge in [0.1, 0.15) is 12.4 Å². The second-order valence-corrected chi connectivity index (χ2v) is 4.92. The minimum absolute atomic E-state index is 0.579. The van der Waals surface area contributed by atoms with E-state index in [2.05, 4.69) is 36.5 Å². The minimum atomic E-state index is 0.579. The molecule has 0 aliphatic heterocycles. The van der Waals surface area contributed by atoms with Gasteiger partial charge in [-0.2, -0.15) is 0 Å². The number of ether oxygens (including phenoxy) is 2. The normalized spacial score (nSPS) is 10.4. The lowest BCUT2D eigenvalue weighted by Gasteiger charge is -2.10. The maximum Gasteiger partial charge on any atom is 0.121 e. The monoisotopic (exact) mass is 285 g/mol. The van der Waals surface area contributed by atoms with Crippen LogP contribution in [0.1, 0.15) is 18.1 Å². The lowest BCUT2D eigenvalue weighted by molar-refractivity contribution is 0.110. The summed E-state index contributed by atoms with van der Waals surface area (Å²) in [6.45, 7) is 6.82. The van der Waals surface area contributed by atoms with E-state index in [4.69, 9.17) is 9.47 Å². The smallest absolute Gasteiger partial charge is 0.121 e. The van der Waals surface area contributed by atoms with E-state index in [1.165, 1.54) is 11.1 Å². The van der Waals surface area contributed by atoms with Crippen molar-refractivity contribution in [1.82, 2.24) is 0 Å². The van der Waals surface area contributed by atoms with Crippen molar-refractivity contribution in [3.63, 3.8) is 0 Å². The Morgan fingerprint density at radius 3 is 2.67 bits per heavy atom. The number of hydrogen-bond acceptors (Lipinski definition) is 3. The molecule has 2 aromatic rings. The first-order valence-electron chi connectivity index (χ1n) is 7.38. The molecule has 0 aliphatic carbocycles. The lowest BCUT2D eigenvalue weighted by Crippen LogP contribution is -2.06. The second kappa shape index (κ2) is 8.32. The number of rotatable bonds is 8. The number of benzene rings is 2. The highest BCUT2D eigenvalue weighted by Gasteiger charge is 1.98. The molecule has 0 aromatic heterocycles. The van der Waals surface area contributed by atoms with Crippen molar-refractivity contribution < 1.29 is 9.47 Å². The molecule has 0 heterocycles. The van der Waals surface area contributed by atoms with Crippen LogP contribution in [0, 0.1) is 6.92 Å². The number of hydrogen-bond donors (Lipinski definition) is 1. The zero-order valence-corrected chi connectivity index (χ0v) is 12.8.